The van der Waals surface area contributed by atoms with Crippen LogP contribution in [-0.4, -0.2) is 8.80 Å². The van der Waals surface area contributed by atoms with Crippen molar-refractivity contribution in [2.75, 3.05) is 0 Å². The van der Waals surface area contributed by atoms with Crippen LogP contribution in [0.3, 0.4) is 0 Å². The molecule has 21 heavy (non-hydrogen) atoms. The largest absolute Gasteiger partial charge is 1.00 e. The Bertz CT molecular complexity index is 511. The van der Waals surface area contributed by atoms with Crippen LogP contribution in [0.4, 0.5) is 0 Å². The van der Waals surface area contributed by atoms with E-state index in [0.717, 1.165) is 11.8 Å². The Labute approximate surface area is 155 Å². The summed E-state index contributed by atoms with van der Waals surface area (Å²) in [7, 11) is -0.906. The van der Waals surface area contributed by atoms with Crippen LogP contribution in [0.1, 0.15) is 41.0 Å². The smallest absolute Gasteiger partial charge is 1.00 e. The molecule has 0 nitrogen and oxygen atoms in total. The van der Waals surface area contributed by atoms with Crippen molar-refractivity contribution >= 4 is 8.80 Å². The molecule has 0 N–H and O–H groups in total. The van der Waals surface area contributed by atoms with Gasteiger partial charge in [-0.15, -0.1) is 0 Å². The van der Waals surface area contributed by atoms with Crippen molar-refractivity contribution in [2.24, 2.45) is 11.8 Å². The first kappa shape index (κ1) is 19.7. The van der Waals surface area contributed by atoms with Crippen molar-refractivity contribution in [1.29, 1.82) is 0 Å². The van der Waals surface area contributed by atoms with Gasteiger partial charge in [-0.2, -0.15) is 0 Å². The predicted molar refractivity (Wildman–Crippen MR) is 82.1 cm³/mol. The molecule has 4 heteroatoms. The van der Waals surface area contributed by atoms with Crippen LogP contribution in [0.2, 0.25) is 6.04 Å². The van der Waals surface area contributed by atoms with E-state index >= 15 is 0 Å². The molecule has 3 aliphatic rings. The molecule has 2 aliphatic carbocycles. The minimum atomic E-state index is -0.906. The summed E-state index contributed by atoms with van der Waals surface area (Å²) in [5.41, 5.74) is 3.49. The molecule has 0 amide bonds. The Morgan fingerprint density at radius 1 is 0.952 bits per heavy atom. The van der Waals surface area contributed by atoms with Crippen molar-refractivity contribution in [1.82, 2.24) is 0 Å². The van der Waals surface area contributed by atoms with E-state index in [1.807, 2.05) is 17.0 Å². The monoisotopic (exact) mass is 416 g/mol. The molecule has 0 saturated carbocycles. The van der Waals surface area contributed by atoms with Gasteiger partial charge >= 0.3 is 131 Å². The van der Waals surface area contributed by atoms with Crippen LogP contribution in [0.25, 0.3) is 0 Å². The molecule has 0 spiro atoms. The fourth-order valence-corrected chi connectivity index (χ4v) is 12.5. The quantitative estimate of drug-likeness (QED) is 0.480. The third-order valence-corrected chi connectivity index (χ3v) is 14.4. The molecule has 0 saturated heterocycles. The summed E-state index contributed by atoms with van der Waals surface area (Å²) in [6.07, 6.45) is 6.65. The molecule has 0 radical (unpaired) electrons. The Morgan fingerprint density at radius 2 is 1.38 bits per heavy atom. The van der Waals surface area contributed by atoms with Crippen LogP contribution < -0.4 is 24.8 Å². The number of fused-ring (bicyclic) bond motifs is 2. The van der Waals surface area contributed by atoms with Gasteiger partial charge in [0.15, 0.2) is 0 Å². The Balaban J connectivity index is 0.00000110. The molecule has 0 aromatic carbocycles. The fourth-order valence-electron chi connectivity index (χ4n) is 4.03. The number of halogens is 2. The molecule has 0 fully saturated rings. The Kier molecular flexibility index (Phi) is 7.01. The number of allylic oxidation sites excluding steroid dienone is 8. The normalized spacial score (nSPS) is 29.5. The zero-order chi connectivity index (χ0) is 13.7. The van der Waals surface area contributed by atoms with E-state index in [1.165, 1.54) is 12.5 Å². The molecule has 1 aliphatic heterocycles. The summed E-state index contributed by atoms with van der Waals surface area (Å²) in [5.74, 6) is 1.53. The summed E-state index contributed by atoms with van der Waals surface area (Å²) < 4.78 is 3.78. The van der Waals surface area contributed by atoms with Gasteiger partial charge in [0, 0.05) is 0 Å². The topological polar surface area (TPSA) is 0 Å². The molecule has 114 valence electrons. The summed E-state index contributed by atoms with van der Waals surface area (Å²) in [4.78, 5) is 0. The first-order chi connectivity index (χ1) is 9.04. The molecule has 2 atom stereocenters. The molecule has 0 aromatic heterocycles. The summed E-state index contributed by atoms with van der Waals surface area (Å²) >= 11 is -0.503. The van der Waals surface area contributed by atoms with E-state index in [4.69, 9.17) is 0 Å². The van der Waals surface area contributed by atoms with Gasteiger partial charge < -0.3 is 24.8 Å². The maximum atomic E-state index is 2.65. The van der Waals surface area contributed by atoms with E-state index in [2.05, 4.69) is 46.8 Å². The van der Waals surface area contributed by atoms with E-state index in [0.29, 0.717) is 0 Å². The maximum Gasteiger partial charge on any atom is -1.00 e. The molecular formula is C17H24Cl2SiZr. The second-order valence-electron chi connectivity index (χ2n) is 6.36. The molecular weight excluding hydrogens is 394 g/mol. The zero-order valence-electron chi connectivity index (χ0n) is 13.6. The molecule has 0 aromatic rings. The van der Waals surface area contributed by atoms with Crippen LogP contribution in [0, 0.1) is 11.8 Å². The van der Waals surface area contributed by atoms with Gasteiger partial charge in [0.25, 0.3) is 0 Å². The van der Waals surface area contributed by atoms with E-state index in [1.54, 1.807) is 11.1 Å². The van der Waals surface area contributed by atoms with Gasteiger partial charge in [0.05, 0.1) is 0 Å². The van der Waals surface area contributed by atoms with Gasteiger partial charge in [-0.05, 0) is 0 Å². The van der Waals surface area contributed by atoms with Crippen LogP contribution >= 0.6 is 0 Å². The maximum absolute atomic E-state index is 2.65. The third kappa shape index (κ3) is 3.16. The fraction of sp³-hybridized carbons (Fsp3) is 0.529. The van der Waals surface area contributed by atoms with E-state index in [-0.39, 0.29) is 24.8 Å². The van der Waals surface area contributed by atoms with Crippen LogP contribution in [0.15, 0.2) is 40.3 Å². The molecule has 2 unspecified atom stereocenters. The van der Waals surface area contributed by atoms with Crippen LogP contribution in [-0.2, 0) is 23.2 Å². The van der Waals surface area contributed by atoms with E-state index < -0.39 is 32.0 Å². The minimum absolute atomic E-state index is 0. The first-order valence-corrected chi connectivity index (χ1v) is 12.1. The van der Waals surface area contributed by atoms with Gasteiger partial charge in [-0.25, -0.2) is 0 Å². The summed E-state index contributed by atoms with van der Waals surface area (Å²) in [6, 6.07) is 1.46. The Morgan fingerprint density at radius 3 is 1.76 bits per heavy atom. The Hall–Kier alpha value is 0.640. The SMILES string of the molecule is CCC[SiH]1C2=CC(C)[C](=C2C)[Zr+2][C]2=C(C)C1=CC2C.[Cl-].[Cl-]. The minimum Gasteiger partial charge on any atom is -1.00 e. The van der Waals surface area contributed by atoms with Gasteiger partial charge in [-0.3, -0.25) is 0 Å². The standard InChI is InChI=1S/C17H24Si.2ClH.Zr/c1-6-7-18(16-10-12(2)8-14(16)4)17-11-13(3)9-15(17)5;;;/h10-13,18H,6-7H2,1-5H3;2*1H;/q;;;+2/p-2. The number of hydrogen-bond acceptors (Lipinski definition) is 0. The summed E-state index contributed by atoms with van der Waals surface area (Å²) in [5, 5.41) is 3.65. The van der Waals surface area contributed by atoms with Gasteiger partial charge in [-0.1, -0.05) is 0 Å². The molecule has 3 rings (SSSR count). The average Bonchev–Trinajstić information content (AvgIpc) is 2.81. The van der Waals surface area contributed by atoms with Crippen molar-refractivity contribution < 1.29 is 48.0 Å². The number of rotatable bonds is 2. The second kappa shape index (κ2) is 7.47. The van der Waals surface area contributed by atoms with Crippen molar-refractivity contribution in [3.05, 3.63) is 40.3 Å². The average molecular weight is 419 g/mol. The van der Waals surface area contributed by atoms with Crippen LogP contribution in [0.5, 0.6) is 0 Å². The van der Waals surface area contributed by atoms with Gasteiger partial charge in [0.1, 0.15) is 0 Å². The first-order valence-electron chi connectivity index (χ1n) is 7.67. The molecule has 1 heterocycles. The van der Waals surface area contributed by atoms with Crippen molar-refractivity contribution in [2.45, 2.75) is 47.1 Å². The summed E-state index contributed by atoms with van der Waals surface area (Å²) in [6.45, 7) is 12.1. The van der Waals surface area contributed by atoms with Crippen molar-refractivity contribution in [3.8, 4) is 0 Å². The number of hydrogen-bond donors (Lipinski definition) is 0. The third-order valence-electron chi connectivity index (χ3n) is 5.04. The van der Waals surface area contributed by atoms with Gasteiger partial charge in [0.2, 0.25) is 0 Å². The predicted octanol–water partition coefficient (Wildman–Crippen LogP) is -1.49. The molecule has 4 bridgehead atoms. The van der Waals surface area contributed by atoms with Crippen molar-refractivity contribution in [3.63, 3.8) is 0 Å². The zero-order valence-corrected chi connectivity index (χ0v) is 18.7. The van der Waals surface area contributed by atoms with E-state index in [9.17, 15) is 0 Å². The second-order valence-corrected chi connectivity index (χ2v) is 12.6.